The van der Waals surface area contributed by atoms with E-state index >= 15 is 0 Å². The minimum atomic E-state index is 0.0411. The first-order valence-corrected chi connectivity index (χ1v) is 17.1. The average molecular weight is 588 g/mol. The molecular weight excluding hydrogens is 530 g/mol. The van der Waals surface area contributed by atoms with Crippen LogP contribution in [-0.4, -0.2) is 61.3 Å². The molecule has 232 valence electrons. The number of nitrogens with one attached hydrogen (secondary N) is 2. The van der Waals surface area contributed by atoms with Crippen molar-refractivity contribution in [1.82, 2.24) is 25.6 Å². The summed E-state index contributed by atoms with van der Waals surface area (Å²) in [6.07, 6.45) is 16.8. The van der Waals surface area contributed by atoms with E-state index in [-0.39, 0.29) is 22.2 Å². The monoisotopic (exact) mass is 587 g/mol. The zero-order valence-electron chi connectivity index (χ0n) is 27.3. The van der Waals surface area contributed by atoms with Gasteiger partial charge in [0.15, 0.2) is 0 Å². The zero-order chi connectivity index (χ0) is 29.6. The van der Waals surface area contributed by atoms with E-state index in [1.165, 1.54) is 64.2 Å². The minimum Gasteiger partial charge on any atom is -0.335 e. The maximum atomic E-state index is 6.88. The molecule has 0 aromatic carbocycles. The van der Waals surface area contributed by atoms with Gasteiger partial charge in [-0.25, -0.2) is 0 Å². The van der Waals surface area contributed by atoms with Crippen molar-refractivity contribution in [2.45, 2.75) is 192 Å². The second-order valence-corrected chi connectivity index (χ2v) is 16.9. The summed E-state index contributed by atoms with van der Waals surface area (Å²) in [5.74, 6) is 1.61. The van der Waals surface area contributed by atoms with Crippen LogP contribution >= 0.6 is 11.6 Å². The Balaban J connectivity index is 1.57. The van der Waals surface area contributed by atoms with Crippen molar-refractivity contribution >= 4 is 23.5 Å². The van der Waals surface area contributed by atoms with Crippen molar-refractivity contribution in [2.24, 2.45) is 0 Å². The number of anilines is 2. The fourth-order valence-electron chi connectivity index (χ4n) is 9.46. The molecule has 0 amide bonds. The summed E-state index contributed by atoms with van der Waals surface area (Å²) in [4.78, 5) is 20.5. The van der Waals surface area contributed by atoms with Gasteiger partial charge in [0.05, 0.1) is 0 Å². The lowest BCUT2D eigenvalue weighted by Crippen LogP contribution is -2.64. The van der Waals surface area contributed by atoms with Gasteiger partial charge >= 0.3 is 0 Å². The summed E-state index contributed by atoms with van der Waals surface area (Å²) in [5.41, 5.74) is 0.164. The van der Waals surface area contributed by atoms with E-state index in [1.807, 2.05) is 0 Å². The molecule has 2 saturated carbocycles. The van der Waals surface area contributed by atoms with Crippen LogP contribution in [0, 0.1) is 0 Å². The summed E-state index contributed by atoms with van der Waals surface area (Å²) in [6.45, 7) is 18.8. The highest BCUT2D eigenvalue weighted by atomic mass is 35.5. The summed E-state index contributed by atoms with van der Waals surface area (Å²) in [5, 5.41) is 8.13. The van der Waals surface area contributed by atoms with Gasteiger partial charge in [0.25, 0.3) is 0 Å². The van der Waals surface area contributed by atoms with E-state index in [9.17, 15) is 0 Å². The van der Waals surface area contributed by atoms with Gasteiger partial charge in [-0.1, -0.05) is 38.5 Å². The maximum Gasteiger partial charge on any atom is 0.231 e. The Labute approximate surface area is 255 Å². The summed E-state index contributed by atoms with van der Waals surface area (Å²) in [7, 11) is 0. The van der Waals surface area contributed by atoms with E-state index in [0.717, 1.165) is 37.6 Å². The third kappa shape index (κ3) is 7.67. The molecule has 2 saturated heterocycles. The molecule has 0 atom stereocenters. The Morgan fingerprint density at radius 1 is 0.512 bits per heavy atom. The highest BCUT2D eigenvalue weighted by Crippen LogP contribution is 2.40. The SMILES string of the molecule is CC1(C)CC(N(c2nc(Cl)nc(N(C3CCCCC3)C3CC(C)(C)NC(C)(C)C3)n2)C2CCCCC2)CC(C)(C)N1. The van der Waals surface area contributed by atoms with Crippen LogP contribution in [-0.2, 0) is 0 Å². The second kappa shape index (κ2) is 11.7. The fourth-order valence-corrected chi connectivity index (χ4v) is 9.61. The smallest absolute Gasteiger partial charge is 0.231 e. The third-order valence-corrected chi connectivity index (χ3v) is 10.3. The number of hydrogen-bond acceptors (Lipinski definition) is 7. The Bertz CT molecular complexity index is 932. The highest BCUT2D eigenvalue weighted by molar-refractivity contribution is 6.28. The molecule has 0 spiro atoms. The summed E-state index contributed by atoms with van der Waals surface area (Å²) >= 11 is 6.88. The van der Waals surface area contributed by atoms with Gasteiger partial charge in [0.1, 0.15) is 0 Å². The quantitative estimate of drug-likeness (QED) is 0.359. The molecule has 2 aliphatic heterocycles. The molecule has 7 nitrogen and oxygen atoms in total. The standard InChI is InChI=1S/C33H58ClN7/c1-30(2)19-25(20-31(3,4)38-30)40(23-15-11-9-12-16-23)28-35-27(34)36-29(37-28)41(24-17-13-10-14-18-24)26-21-32(5,6)39-33(7,8)22-26/h23-26,38-39H,9-22H2,1-8H3. The first-order valence-electron chi connectivity index (χ1n) is 16.7. The number of halogens is 1. The zero-order valence-corrected chi connectivity index (χ0v) is 28.1. The molecule has 5 rings (SSSR count). The molecule has 0 unspecified atom stereocenters. The highest BCUT2D eigenvalue weighted by Gasteiger charge is 2.45. The van der Waals surface area contributed by atoms with Crippen molar-refractivity contribution in [1.29, 1.82) is 0 Å². The molecule has 4 aliphatic rings. The van der Waals surface area contributed by atoms with Gasteiger partial charge in [-0.15, -0.1) is 0 Å². The van der Waals surface area contributed by atoms with E-state index in [2.05, 4.69) is 75.8 Å². The first-order chi connectivity index (χ1) is 19.1. The fraction of sp³-hybridized carbons (Fsp3) is 0.909. The van der Waals surface area contributed by atoms with Crippen LogP contribution in [0.1, 0.15) is 145 Å². The predicted octanol–water partition coefficient (Wildman–Crippen LogP) is 7.42. The van der Waals surface area contributed by atoms with Gasteiger partial charge in [0, 0.05) is 46.3 Å². The molecule has 1 aromatic heterocycles. The van der Waals surface area contributed by atoms with Gasteiger partial charge in [-0.3, -0.25) is 0 Å². The molecule has 2 N–H and O–H groups in total. The van der Waals surface area contributed by atoms with Crippen LogP contribution in [0.5, 0.6) is 0 Å². The Morgan fingerprint density at radius 3 is 1.15 bits per heavy atom. The number of aromatic nitrogens is 3. The lowest BCUT2D eigenvalue weighted by Gasteiger charge is -2.52. The van der Waals surface area contributed by atoms with Gasteiger partial charge in [-0.05, 0) is 118 Å². The van der Waals surface area contributed by atoms with Crippen molar-refractivity contribution < 1.29 is 0 Å². The van der Waals surface area contributed by atoms with Crippen LogP contribution in [0.25, 0.3) is 0 Å². The topological polar surface area (TPSA) is 69.2 Å². The predicted molar refractivity (Wildman–Crippen MR) is 172 cm³/mol. The normalized spacial score (nSPS) is 27.4. The Hall–Kier alpha value is -1.18. The summed E-state index contributed by atoms with van der Waals surface area (Å²) < 4.78 is 0. The lowest BCUT2D eigenvalue weighted by molar-refractivity contribution is 0.149. The van der Waals surface area contributed by atoms with Crippen LogP contribution in [0.2, 0.25) is 5.28 Å². The van der Waals surface area contributed by atoms with Gasteiger partial charge < -0.3 is 20.4 Å². The Kier molecular flexibility index (Phi) is 8.94. The second-order valence-electron chi connectivity index (χ2n) is 16.5. The minimum absolute atomic E-state index is 0.0411. The maximum absolute atomic E-state index is 6.88. The van der Waals surface area contributed by atoms with Crippen LogP contribution < -0.4 is 20.4 Å². The van der Waals surface area contributed by atoms with E-state index in [4.69, 9.17) is 26.6 Å². The van der Waals surface area contributed by atoms with Gasteiger partial charge in [-0.2, -0.15) is 15.0 Å². The van der Waals surface area contributed by atoms with E-state index < -0.39 is 0 Å². The number of nitrogens with zero attached hydrogens (tertiary/aromatic N) is 5. The van der Waals surface area contributed by atoms with Crippen LogP contribution in [0.3, 0.4) is 0 Å². The molecule has 41 heavy (non-hydrogen) atoms. The number of rotatable bonds is 6. The van der Waals surface area contributed by atoms with Gasteiger partial charge in [0.2, 0.25) is 17.2 Å². The molecule has 1 aromatic rings. The number of piperidine rings is 2. The van der Waals surface area contributed by atoms with E-state index in [1.54, 1.807) is 0 Å². The van der Waals surface area contributed by atoms with E-state index in [0.29, 0.717) is 29.5 Å². The number of hydrogen-bond donors (Lipinski definition) is 2. The van der Waals surface area contributed by atoms with Crippen molar-refractivity contribution in [2.75, 3.05) is 9.80 Å². The van der Waals surface area contributed by atoms with Crippen LogP contribution in [0.4, 0.5) is 11.9 Å². The van der Waals surface area contributed by atoms with Crippen molar-refractivity contribution in [3.63, 3.8) is 0 Å². The Morgan fingerprint density at radius 2 is 0.829 bits per heavy atom. The largest absolute Gasteiger partial charge is 0.335 e. The molecule has 8 heteroatoms. The van der Waals surface area contributed by atoms with Crippen LogP contribution in [0.15, 0.2) is 0 Å². The molecule has 4 fully saturated rings. The van der Waals surface area contributed by atoms with Crippen molar-refractivity contribution in [3.8, 4) is 0 Å². The molecular formula is C33H58ClN7. The molecule has 3 heterocycles. The summed E-state index contributed by atoms with van der Waals surface area (Å²) in [6, 6.07) is 1.61. The lowest BCUT2D eigenvalue weighted by atomic mass is 9.78. The average Bonchev–Trinajstić information content (AvgIpc) is 2.82. The third-order valence-electron chi connectivity index (χ3n) is 10.1. The first kappa shape index (κ1) is 31.3. The van der Waals surface area contributed by atoms with Crippen molar-refractivity contribution in [3.05, 3.63) is 5.28 Å². The molecule has 0 bridgehead atoms. The molecule has 0 radical (unpaired) electrons. The molecule has 2 aliphatic carbocycles.